The number of aliphatic imine (C=N–C) groups is 1. The van der Waals surface area contributed by atoms with Crippen LogP contribution in [0.5, 0.6) is 0 Å². The second-order valence-electron chi connectivity index (χ2n) is 5.76. The zero-order chi connectivity index (χ0) is 18.1. The molecule has 1 aromatic heterocycles. The van der Waals surface area contributed by atoms with E-state index in [1.165, 1.54) is 6.07 Å². The number of benzene rings is 1. The minimum Gasteiger partial charge on any atom is -0.386 e. The molecule has 26 heavy (non-hydrogen) atoms. The molecule has 1 atom stereocenters. The summed E-state index contributed by atoms with van der Waals surface area (Å²) in [6.45, 7) is 5.55. The minimum absolute atomic E-state index is 0. The van der Waals surface area contributed by atoms with Crippen LogP contribution in [-0.4, -0.2) is 35.7 Å². The number of aromatic nitrogens is 1. The Morgan fingerprint density at radius 3 is 2.62 bits per heavy atom. The fourth-order valence-corrected chi connectivity index (χ4v) is 2.47. The molecule has 7 heteroatoms. The largest absolute Gasteiger partial charge is 0.386 e. The monoisotopic (exact) mass is 472 g/mol. The van der Waals surface area contributed by atoms with Crippen LogP contribution >= 0.6 is 24.0 Å². The molecular formula is C19H26FIN4O. The van der Waals surface area contributed by atoms with E-state index in [1.807, 2.05) is 19.9 Å². The fraction of sp³-hybridized carbons (Fsp3) is 0.368. The van der Waals surface area contributed by atoms with Gasteiger partial charge in [-0.1, -0.05) is 6.07 Å². The van der Waals surface area contributed by atoms with E-state index < -0.39 is 6.10 Å². The fourth-order valence-electron chi connectivity index (χ4n) is 2.47. The molecule has 0 saturated carbocycles. The van der Waals surface area contributed by atoms with Gasteiger partial charge in [0.2, 0.25) is 0 Å². The Hall–Kier alpha value is -1.74. The van der Waals surface area contributed by atoms with Gasteiger partial charge in [0.15, 0.2) is 5.96 Å². The first-order valence-electron chi connectivity index (χ1n) is 8.45. The van der Waals surface area contributed by atoms with Crippen molar-refractivity contribution in [2.24, 2.45) is 4.99 Å². The number of hydrogen-bond donors (Lipinski definition) is 3. The normalized spacial score (nSPS) is 12.2. The topological polar surface area (TPSA) is 69.5 Å². The van der Waals surface area contributed by atoms with E-state index in [9.17, 15) is 9.50 Å². The van der Waals surface area contributed by atoms with E-state index in [0.29, 0.717) is 12.5 Å². The lowest BCUT2D eigenvalue weighted by Gasteiger charge is -2.14. The highest BCUT2D eigenvalue weighted by atomic mass is 127. The van der Waals surface area contributed by atoms with Crippen molar-refractivity contribution in [3.8, 4) is 0 Å². The van der Waals surface area contributed by atoms with Gasteiger partial charge in [-0.25, -0.2) is 4.39 Å². The third kappa shape index (κ3) is 7.25. The average Bonchev–Trinajstić information content (AvgIpc) is 2.62. The number of aliphatic hydroxyl groups excluding tert-OH is 1. The Labute approximate surface area is 171 Å². The van der Waals surface area contributed by atoms with E-state index in [1.54, 1.807) is 30.6 Å². The molecule has 1 unspecified atom stereocenters. The molecule has 3 N–H and O–H groups in total. The number of hydrogen-bond acceptors (Lipinski definition) is 3. The van der Waals surface area contributed by atoms with Crippen molar-refractivity contribution in [2.45, 2.75) is 26.4 Å². The first-order chi connectivity index (χ1) is 12.1. The number of aryl methyl sites for hydroxylation is 1. The van der Waals surface area contributed by atoms with Gasteiger partial charge in [-0.3, -0.25) is 9.98 Å². The Balaban J connectivity index is 0.00000338. The predicted molar refractivity (Wildman–Crippen MR) is 113 cm³/mol. The highest BCUT2D eigenvalue weighted by molar-refractivity contribution is 14.0. The molecule has 0 bridgehead atoms. The van der Waals surface area contributed by atoms with Crippen LogP contribution in [0.2, 0.25) is 0 Å². The van der Waals surface area contributed by atoms with Crippen molar-refractivity contribution in [1.82, 2.24) is 15.6 Å². The predicted octanol–water partition coefficient (Wildman–Crippen LogP) is 2.98. The molecule has 0 spiro atoms. The Kier molecular flexibility index (Phi) is 10.1. The number of halogens is 2. The van der Waals surface area contributed by atoms with Crippen LogP contribution in [0.15, 0.2) is 47.7 Å². The van der Waals surface area contributed by atoms with Crippen molar-refractivity contribution in [3.63, 3.8) is 0 Å². The van der Waals surface area contributed by atoms with Crippen LogP contribution in [0, 0.1) is 12.7 Å². The van der Waals surface area contributed by atoms with Crippen molar-refractivity contribution in [3.05, 3.63) is 65.2 Å². The molecule has 0 saturated heterocycles. The SMILES string of the molecule is CCNC(=NCC(O)c1ccncc1)NCCc1ccc(F)cc1C.I. The van der Waals surface area contributed by atoms with Gasteiger partial charge in [-0.15, -0.1) is 24.0 Å². The first kappa shape index (κ1) is 22.3. The van der Waals surface area contributed by atoms with Crippen LogP contribution in [0.1, 0.15) is 29.7 Å². The van der Waals surface area contributed by atoms with Gasteiger partial charge in [0.25, 0.3) is 0 Å². The number of rotatable bonds is 7. The lowest BCUT2D eigenvalue weighted by atomic mass is 10.1. The lowest BCUT2D eigenvalue weighted by Crippen LogP contribution is -2.38. The Morgan fingerprint density at radius 2 is 1.96 bits per heavy atom. The summed E-state index contributed by atoms with van der Waals surface area (Å²) in [5.41, 5.74) is 2.83. The second-order valence-corrected chi connectivity index (χ2v) is 5.76. The number of guanidine groups is 1. The number of nitrogens with zero attached hydrogens (tertiary/aromatic N) is 2. The molecular weight excluding hydrogens is 446 g/mol. The van der Waals surface area contributed by atoms with Crippen molar-refractivity contribution < 1.29 is 9.50 Å². The van der Waals surface area contributed by atoms with Gasteiger partial charge in [0.05, 0.1) is 12.6 Å². The van der Waals surface area contributed by atoms with E-state index in [2.05, 4.69) is 20.6 Å². The van der Waals surface area contributed by atoms with E-state index in [0.717, 1.165) is 29.7 Å². The van der Waals surface area contributed by atoms with Crippen LogP contribution in [0.25, 0.3) is 0 Å². The maximum Gasteiger partial charge on any atom is 0.191 e. The molecule has 142 valence electrons. The van der Waals surface area contributed by atoms with Gasteiger partial charge in [0, 0.05) is 25.5 Å². The van der Waals surface area contributed by atoms with E-state index in [4.69, 9.17) is 0 Å². The maximum atomic E-state index is 13.1. The molecule has 0 aliphatic carbocycles. The Bertz CT molecular complexity index is 697. The third-order valence-corrected chi connectivity index (χ3v) is 3.85. The molecule has 0 fully saturated rings. The molecule has 0 aliphatic heterocycles. The molecule has 2 rings (SSSR count). The minimum atomic E-state index is -0.669. The van der Waals surface area contributed by atoms with Gasteiger partial charge < -0.3 is 15.7 Å². The zero-order valence-corrected chi connectivity index (χ0v) is 17.4. The molecule has 0 aliphatic rings. The Morgan fingerprint density at radius 1 is 1.23 bits per heavy atom. The van der Waals surface area contributed by atoms with Crippen LogP contribution < -0.4 is 10.6 Å². The molecule has 1 heterocycles. The van der Waals surface area contributed by atoms with Gasteiger partial charge in [0.1, 0.15) is 5.82 Å². The van der Waals surface area contributed by atoms with Gasteiger partial charge >= 0.3 is 0 Å². The molecule has 2 aromatic rings. The molecule has 0 radical (unpaired) electrons. The van der Waals surface area contributed by atoms with Crippen LogP contribution in [0.3, 0.4) is 0 Å². The number of aliphatic hydroxyl groups is 1. The second kappa shape index (κ2) is 11.8. The summed E-state index contributed by atoms with van der Waals surface area (Å²) in [6, 6.07) is 8.38. The summed E-state index contributed by atoms with van der Waals surface area (Å²) in [4.78, 5) is 8.36. The summed E-state index contributed by atoms with van der Waals surface area (Å²) in [7, 11) is 0. The van der Waals surface area contributed by atoms with Crippen LogP contribution in [-0.2, 0) is 6.42 Å². The van der Waals surface area contributed by atoms with Crippen LogP contribution in [0.4, 0.5) is 4.39 Å². The van der Waals surface area contributed by atoms with E-state index >= 15 is 0 Å². The van der Waals surface area contributed by atoms with Gasteiger partial charge in [-0.05, 0) is 61.2 Å². The summed E-state index contributed by atoms with van der Waals surface area (Å²) >= 11 is 0. The lowest BCUT2D eigenvalue weighted by molar-refractivity contribution is 0.187. The molecule has 0 amide bonds. The molecule has 1 aromatic carbocycles. The smallest absolute Gasteiger partial charge is 0.191 e. The zero-order valence-electron chi connectivity index (χ0n) is 15.1. The van der Waals surface area contributed by atoms with Crippen molar-refractivity contribution in [2.75, 3.05) is 19.6 Å². The number of nitrogens with one attached hydrogen (secondary N) is 2. The number of pyridine rings is 1. The van der Waals surface area contributed by atoms with Crippen molar-refractivity contribution >= 4 is 29.9 Å². The summed E-state index contributed by atoms with van der Waals surface area (Å²) in [5, 5.41) is 16.6. The first-order valence-corrected chi connectivity index (χ1v) is 8.45. The highest BCUT2D eigenvalue weighted by Crippen LogP contribution is 2.11. The summed E-state index contributed by atoms with van der Waals surface area (Å²) in [5.74, 6) is 0.435. The van der Waals surface area contributed by atoms with Crippen molar-refractivity contribution in [1.29, 1.82) is 0 Å². The molecule has 5 nitrogen and oxygen atoms in total. The quantitative estimate of drug-likeness (QED) is 0.329. The standard InChI is InChI=1S/C19H25FN4O.HI/c1-3-22-19(24-13-18(25)16-6-9-21-10-7-16)23-11-8-15-4-5-17(20)12-14(15)2;/h4-7,9-10,12,18,25H,3,8,11,13H2,1-2H3,(H2,22,23,24);1H. The third-order valence-electron chi connectivity index (χ3n) is 3.85. The van der Waals surface area contributed by atoms with E-state index in [-0.39, 0.29) is 36.3 Å². The summed E-state index contributed by atoms with van der Waals surface area (Å²) in [6.07, 6.45) is 3.40. The maximum absolute atomic E-state index is 13.1. The summed E-state index contributed by atoms with van der Waals surface area (Å²) < 4.78 is 13.1. The average molecular weight is 472 g/mol. The van der Waals surface area contributed by atoms with Gasteiger partial charge in [-0.2, -0.15) is 0 Å². The highest BCUT2D eigenvalue weighted by Gasteiger charge is 2.07.